The summed E-state index contributed by atoms with van der Waals surface area (Å²) in [5, 5.41) is 3.11. The predicted octanol–water partition coefficient (Wildman–Crippen LogP) is 5.59. The molecule has 0 spiro atoms. The van der Waals surface area contributed by atoms with E-state index in [-0.39, 0.29) is 0 Å². The highest BCUT2D eigenvalue weighted by molar-refractivity contribution is 7.89. The van der Waals surface area contributed by atoms with E-state index in [0.29, 0.717) is 5.92 Å². The molecule has 1 atom stereocenters. The van der Waals surface area contributed by atoms with Gasteiger partial charge >= 0.3 is 0 Å². The van der Waals surface area contributed by atoms with E-state index in [0.717, 1.165) is 0 Å². The van der Waals surface area contributed by atoms with Gasteiger partial charge in [-0.05, 0) is 60.4 Å². The Morgan fingerprint density at radius 2 is 1.32 bits per heavy atom. The molecule has 0 fully saturated rings. The largest absolute Gasteiger partial charge is 0.0995 e. The highest BCUT2D eigenvalue weighted by Gasteiger charge is 2.48. The minimum Gasteiger partial charge on any atom is -0.0620 e. The first kappa shape index (κ1) is 16.6. The predicted molar refractivity (Wildman–Crippen MR) is 112 cm³/mol. The van der Waals surface area contributed by atoms with E-state index < -0.39 is 7.26 Å². The maximum atomic E-state index is 2.42. The average molecular weight is 345 g/mol. The van der Waals surface area contributed by atoms with Gasteiger partial charge < -0.3 is 0 Å². The lowest BCUT2D eigenvalue weighted by atomic mass is 9.92. The summed E-state index contributed by atoms with van der Waals surface area (Å²) in [7, 11) is -1.43. The summed E-state index contributed by atoms with van der Waals surface area (Å²) in [5.41, 5.74) is 6.11. The Labute approximate surface area is 152 Å². The number of hydrogen-bond acceptors (Lipinski definition) is 0. The van der Waals surface area contributed by atoms with Gasteiger partial charge in [0.25, 0.3) is 0 Å². The molecular weight excluding hydrogens is 319 g/mol. The minimum atomic E-state index is -1.43. The van der Waals surface area contributed by atoms with Crippen molar-refractivity contribution in [3.8, 4) is 0 Å². The Kier molecular flexibility index (Phi) is 4.26. The fourth-order valence-electron chi connectivity index (χ4n) is 4.44. The van der Waals surface area contributed by atoms with Crippen molar-refractivity contribution in [1.82, 2.24) is 0 Å². The first-order valence-corrected chi connectivity index (χ1v) is 11.3. The minimum absolute atomic E-state index is 0.608. The molecule has 126 valence electrons. The molecule has 1 heteroatoms. The Balaban J connectivity index is 1.96. The van der Waals surface area contributed by atoms with Gasteiger partial charge in [0.2, 0.25) is 0 Å². The van der Waals surface area contributed by atoms with Crippen molar-refractivity contribution in [2.24, 2.45) is 0 Å². The van der Waals surface area contributed by atoms with E-state index in [2.05, 4.69) is 93.6 Å². The van der Waals surface area contributed by atoms with Crippen molar-refractivity contribution in [2.45, 2.75) is 32.9 Å². The Morgan fingerprint density at radius 3 is 1.88 bits per heavy atom. The Hall–Kier alpha value is -1.91. The second-order valence-electron chi connectivity index (χ2n) is 7.46. The number of fused-ring (bicyclic) bond motifs is 1. The molecule has 1 unspecified atom stereocenters. The number of rotatable bonds is 2. The average Bonchev–Trinajstić information content (AvgIpc) is 2.66. The zero-order valence-corrected chi connectivity index (χ0v) is 16.3. The molecule has 0 saturated carbocycles. The molecule has 0 saturated heterocycles. The van der Waals surface area contributed by atoms with Crippen LogP contribution >= 0.6 is 7.26 Å². The molecule has 0 amide bonds. The number of aryl methyl sites for hydroxylation is 1. The van der Waals surface area contributed by atoms with E-state index in [1.807, 2.05) is 0 Å². The van der Waals surface area contributed by atoms with Crippen LogP contribution in [0.5, 0.6) is 0 Å². The second kappa shape index (κ2) is 6.43. The fraction of sp³-hybridized carbons (Fsp3) is 0.250. The van der Waals surface area contributed by atoms with Crippen molar-refractivity contribution in [3.05, 3.63) is 95.1 Å². The van der Waals surface area contributed by atoms with Crippen LogP contribution < -0.4 is 10.6 Å². The SMILES string of the molecule is Cc1ccc2c(c1C)C[P+](c1ccccc1)(c1ccccc1)CC2C. The van der Waals surface area contributed by atoms with Crippen LogP contribution in [0.15, 0.2) is 72.8 Å². The van der Waals surface area contributed by atoms with Crippen molar-refractivity contribution in [3.63, 3.8) is 0 Å². The van der Waals surface area contributed by atoms with Crippen molar-refractivity contribution in [2.75, 3.05) is 6.16 Å². The summed E-state index contributed by atoms with van der Waals surface area (Å²) < 4.78 is 0. The first-order chi connectivity index (χ1) is 12.1. The first-order valence-electron chi connectivity index (χ1n) is 9.19. The molecular formula is C24H26P+. The normalized spacial score (nSPS) is 18.6. The van der Waals surface area contributed by atoms with Crippen LogP contribution in [-0.2, 0) is 6.16 Å². The summed E-state index contributed by atoms with van der Waals surface area (Å²) in [6.07, 6.45) is 2.48. The standard InChI is InChI=1S/C24H26P/c1-18-14-15-23-19(2)16-25(17-24(23)20(18)3,21-10-6-4-7-11-21)22-12-8-5-9-13-22/h4-15,19H,16-17H2,1-3H3/q+1. The molecule has 1 aliphatic heterocycles. The van der Waals surface area contributed by atoms with Gasteiger partial charge in [-0.3, -0.25) is 0 Å². The molecule has 4 rings (SSSR count). The maximum Gasteiger partial charge on any atom is 0.0995 e. The molecule has 0 nitrogen and oxygen atoms in total. The lowest BCUT2D eigenvalue weighted by Crippen LogP contribution is -2.32. The van der Waals surface area contributed by atoms with Gasteiger partial charge in [0.15, 0.2) is 0 Å². The van der Waals surface area contributed by atoms with Gasteiger partial charge in [0, 0.05) is 5.92 Å². The van der Waals surface area contributed by atoms with Crippen molar-refractivity contribution in [1.29, 1.82) is 0 Å². The van der Waals surface area contributed by atoms with Gasteiger partial charge in [0.05, 0.1) is 30.2 Å². The lowest BCUT2D eigenvalue weighted by Gasteiger charge is -2.36. The third-order valence-electron chi connectivity index (χ3n) is 5.95. The molecule has 0 aromatic heterocycles. The molecule has 0 aliphatic carbocycles. The van der Waals surface area contributed by atoms with E-state index >= 15 is 0 Å². The highest BCUT2D eigenvalue weighted by Crippen LogP contribution is 2.65. The second-order valence-corrected chi connectivity index (χ2v) is 11.1. The maximum absolute atomic E-state index is 2.42. The van der Waals surface area contributed by atoms with Gasteiger partial charge in [-0.2, -0.15) is 0 Å². The summed E-state index contributed by atoms with van der Waals surface area (Å²) in [5.74, 6) is 0.608. The number of benzene rings is 3. The van der Waals surface area contributed by atoms with Crippen molar-refractivity contribution >= 4 is 17.9 Å². The molecule has 0 N–H and O–H groups in total. The van der Waals surface area contributed by atoms with Crippen LogP contribution in [0, 0.1) is 13.8 Å². The van der Waals surface area contributed by atoms with E-state index in [9.17, 15) is 0 Å². The summed E-state index contributed by atoms with van der Waals surface area (Å²) in [6.45, 7) is 6.99. The van der Waals surface area contributed by atoms with Crippen molar-refractivity contribution < 1.29 is 0 Å². The smallest absolute Gasteiger partial charge is 0.0620 e. The molecule has 0 bridgehead atoms. The van der Waals surface area contributed by atoms with E-state index in [4.69, 9.17) is 0 Å². The van der Waals surface area contributed by atoms with Crippen LogP contribution in [0.4, 0.5) is 0 Å². The third-order valence-corrected chi connectivity index (χ3v) is 10.6. The zero-order chi connectivity index (χ0) is 17.4. The van der Waals surface area contributed by atoms with Crippen LogP contribution in [-0.4, -0.2) is 6.16 Å². The Morgan fingerprint density at radius 1 is 0.760 bits per heavy atom. The zero-order valence-electron chi connectivity index (χ0n) is 15.4. The third kappa shape index (κ3) is 2.74. The van der Waals surface area contributed by atoms with Gasteiger partial charge in [-0.1, -0.05) is 55.5 Å². The topological polar surface area (TPSA) is 0 Å². The van der Waals surface area contributed by atoms with Crippen LogP contribution in [0.25, 0.3) is 0 Å². The quantitative estimate of drug-likeness (QED) is 0.531. The Bertz CT molecular complexity index is 841. The summed E-state index contributed by atoms with van der Waals surface area (Å²) in [6, 6.07) is 27.3. The molecule has 1 heterocycles. The summed E-state index contributed by atoms with van der Waals surface area (Å²) in [4.78, 5) is 0. The molecule has 3 aromatic carbocycles. The van der Waals surface area contributed by atoms with E-state index in [1.54, 1.807) is 21.7 Å². The fourth-order valence-corrected chi connectivity index (χ4v) is 9.23. The van der Waals surface area contributed by atoms with Gasteiger partial charge in [-0.15, -0.1) is 0 Å². The molecule has 0 radical (unpaired) electrons. The molecule has 3 aromatic rings. The summed E-state index contributed by atoms with van der Waals surface area (Å²) >= 11 is 0. The lowest BCUT2D eigenvalue weighted by molar-refractivity contribution is 0.835. The highest BCUT2D eigenvalue weighted by atomic mass is 31.2. The van der Waals surface area contributed by atoms with Gasteiger partial charge in [0.1, 0.15) is 0 Å². The molecule has 25 heavy (non-hydrogen) atoms. The number of hydrogen-bond donors (Lipinski definition) is 0. The van der Waals surface area contributed by atoms with Crippen LogP contribution in [0.1, 0.15) is 35.1 Å². The van der Waals surface area contributed by atoms with Crippen LogP contribution in [0.3, 0.4) is 0 Å². The monoisotopic (exact) mass is 345 g/mol. The van der Waals surface area contributed by atoms with Gasteiger partial charge in [-0.25, -0.2) is 0 Å². The molecule has 1 aliphatic rings. The van der Waals surface area contributed by atoms with Crippen LogP contribution in [0.2, 0.25) is 0 Å². The van der Waals surface area contributed by atoms with E-state index in [1.165, 1.54) is 23.5 Å².